The largest absolute Gasteiger partial charge is 0.434 e. The number of alkyl halides is 3. The number of imide groups is 1. The quantitative estimate of drug-likeness (QED) is 0.448. The van der Waals surface area contributed by atoms with Gasteiger partial charge in [0.1, 0.15) is 11.6 Å². The van der Waals surface area contributed by atoms with Gasteiger partial charge in [-0.3, -0.25) is 29.3 Å². The summed E-state index contributed by atoms with van der Waals surface area (Å²) >= 11 is 0.545. The fourth-order valence-electron chi connectivity index (χ4n) is 5.21. The number of likely N-dealkylation sites (tertiary alicyclic amines) is 1. The average Bonchev–Trinajstić information content (AvgIpc) is 3.63. The molecule has 2 N–H and O–H groups in total. The highest BCUT2D eigenvalue weighted by Gasteiger charge is 2.58. The molecule has 5 rings (SSSR count). The number of fused-ring (bicyclic) bond motifs is 1. The standard InChI is InChI=1S/C25H26F3N7O4S/c1-13(2)18(31-19(36)20-30-17(12-40-20)25(26,27)28)21(37)34-8-6-24(7-9-34)22(38)33(3)23(39)35(24)15-4-5-16-14(10-15)11-29-32-16/h4-5,10-13,18H,6-9H2,1-3H3,(H,29,32)(H,31,36). The molecule has 3 aromatic rings. The number of hydrogen-bond donors (Lipinski definition) is 2. The summed E-state index contributed by atoms with van der Waals surface area (Å²) in [6, 6.07) is 3.78. The number of H-pyrrole nitrogens is 1. The lowest BCUT2D eigenvalue weighted by molar-refractivity contribution is -0.140. The molecule has 1 unspecified atom stereocenters. The van der Waals surface area contributed by atoms with Gasteiger partial charge in [-0.05, 0) is 37.0 Å². The van der Waals surface area contributed by atoms with Crippen LogP contribution >= 0.6 is 11.3 Å². The highest BCUT2D eigenvalue weighted by Crippen LogP contribution is 2.41. The second-order valence-electron chi connectivity index (χ2n) is 10.2. The number of carbonyl (C=O) groups excluding carboxylic acids is 4. The van der Waals surface area contributed by atoms with Gasteiger partial charge in [-0.25, -0.2) is 9.78 Å². The summed E-state index contributed by atoms with van der Waals surface area (Å²) in [6.45, 7) is 3.67. The van der Waals surface area contributed by atoms with Gasteiger partial charge in [0.25, 0.3) is 11.8 Å². The highest BCUT2D eigenvalue weighted by atomic mass is 32.1. The molecule has 0 saturated carbocycles. The number of urea groups is 1. The third-order valence-corrected chi connectivity index (χ3v) is 8.24. The van der Waals surface area contributed by atoms with Crippen molar-refractivity contribution < 1.29 is 32.3 Å². The molecule has 1 aromatic carbocycles. The molecule has 2 fully saturated rings. The lowest BCUT2D eigenvalue weighted by Gasteiger charge is -2.43. The Labute approximate surface area is 230 Å². The van der Waals surface area contributed by atoms with Gasteiger partial charge >= 0.3 is 12.2 Å². The van der Waals surface area contributed by atoms with E-state index in [2.05, 4.69) is 20.5 Å². The topological polar surface area (TPSA) is 132 Å². The van der Waals surface area contributed by atoms with Gasteiger partial charge in [-0.2, -0.15) is 18.3 Å². The molecule has 2 aliphatic heterocycles. The Balaban J connectivity index is 1.33. The summed E-state index contributed by atoms with van der Waals surface area (Å²) in [4.78, 5) is 60.2. The molecule has 2 aliphatic rings. The summed E-state index contributed by atoms with van der Waals surface area (Å²) in [5.41, 5.74) is -1.05. The summed E-state index contributed by atoms with van der Waals surface area (Å²) in [7, 11) is 1.42. The number of nitrogens with one attached hydrogen (secondary N) is 2. The van der Waals surface area contributed by atoms with E-state index in [0.29, 0.717) is 17.0 Å². The van der Waals surface area contributed by atoms with Gasteiger partial charge in [0.05, 0.1) is 11.7 Å². The van der Waals surface area contributed by atoms with Gasteiger partial charge in [0, 0.05) is 36.6 Å². The molecule has 15 heteroatoms. The summed E-state index contributed by atoms with van der Waals surface area (Å²) in [5.74, 6) is -2.05. The van der Waals surface area contributed by atoms with Crippen molar-refractivity contribution in [2.45, 2.75) is 44.4 Å². The maximum absolute atomic E-state index is 13.5. The van der Waals surface area contributed by atoms with Crippen LogP contribution in [0.5, 0.6) is 0 Å². The third-order valence-electron chi connectivity index (χ3n) is 7.40. The van der Waals surface area contributed by atoms with E-state index >= 15 is 0 Å². The van der Waals surface area contributed by atoms with E-state index < -0.39 is 46.3 Å². The van der Waals surface area contributed by atoms with Crippen molar-refractivity contribution in [1.82, 2.24) is 30.3 Å². The van der Waals surface area contributed by atoms with Gasteiger partial charge in [0.15, 0.2) is 10.7 Å². The molecular formula is C25H26F3N7O4S. The second kappa shape index (κ2) is 9.87. The van der Waals surface area contributed by atoms with Crippen LogP contribution in [0.2, 0.25) is 0 Å². The molecule has 212 valence electrons. The number of amides is 5. The van der Waals surface area contributed by atoms with Crippen molar-refractivity contribution in [3.63, 3.8) is 0 Å². The van der Waals surface area contributed by atoms with E-state index in [1.165, 1.54) is 16.8 Å². The molecule has 40 heavy (non-hydrogen) atoms. The van der Waals surface area contributed by atoms with E-state index in [0.717, 1.165) is 21.2 Å². The molecule has 0 aliphatic carbocycles. The highest BCUT2D eigenvalue weighted by molar-refractivity contribution is 7.11. The van der Waals surface area contributed by atoms with Crippen LogP contribution in [0.4, 0.5) is 23.7 Å². The van der Waals surface area contributed by atoms with Crippen molar-refractivity contribution in [3.05, 3.63) is 40.5 Å². The van der Waals surface area contributed by atoms with Crippen LogP contribution in [0.1, 0.15) is 42.2 Å². The summed E-state index contributed by atoms with van der Waals surface area (Å²) < 4.78 is 38.7. The average molecular weight is 578 g/mol. The number of thiazole rings is 1. The van der Waals surface area contributed by atoms with Gasteiger partial charge < -0.3 is 10.2 Å². The van der Waals surface area contributed by atoms with Crippen LogP contribution in [0.3, 0.4) is 0 Å². The van der Waals surface area contributed by atoms with Crippen LogP contribution in [0.25, 0.3) is 10.9 Å². The molecular weight excluding hydrogens is 551 g/mol. The molecule has 1 spiro atoms. The number of carbonyl (C=O) groups is 4. The SMILES string of the molecule is CC(C)C(NC(=O)c1nc(C(F)(F)F)cs1)C(=O)N1CCC2(CC1)C(=O)N(C)C(=O)N2c1ccc2[nH]ncc2c1. The lowest BCUT2D eigenvalue weighted by atomic mass is 9.85. The van der Waals surface area contributed by atoms with Crippen molar-refractivity contribution in [2.24, 2.45) is 5.92 Å². The maximum atomic E-state index is 13.5. The first-order valence-electron chi connectivity index (χ1n) is 12.5. The fourth-order valence-corrected chi connectivity index (χ4v) is 5.94. The number of rotatable bonds is 5. The first-order valence-corrected chi connectivity index (χ1v) is 13.4. The minimum absolute atomic E-state index is 0.130. The van der Waals surface area contributed by atoms with E-state index in [4.69, 9.17) is 0 Å². The first kappa shape index (κ1) is 27.6. The van der Waals surface area contributed by atoms with Gasteiger partial charge in [-0.15, -0.1) is 11.3 Å². The van der Waals surface area contributed by atoms with Crippen LogP contribution in [-0.2, 0) is 15.8 Å². The predicted molar refractivity (Wildman–Crippen MR) is 138 cm³/mol. The number of aromatic nitrogens is 3. The smallest absolute Gasteiger partial charge is 0.341 e. The molecule has 0 radical (unpaired) electrons. The molecule has 2 aromatic heterocycles. The molecule has 0 bridgehead atoms. The Morgan fingerprint density at radius 1 is 1.18 bits per heavy atom. The van der Waals surface area contributed by atoms with Crippen molar-refractivity contribution in [3.8, 4) is 0 Å². The summed E-state index contributed by atoms with van der Waals surface area (Å²) in [5, 5.41) is 10.5. The van der Waals surface area contributed by atoms with E-state index in [9.17, 15) is 32.3 Å². The molecule has 5 amide bonds. The van der Waals surface area contributed by atoms with E-state index in [1.807, 2.05) is 0 Å². The number of likely N-dealkylation sites (N-methyl/N-ethyl adjacent to an activating group) is 1. The van der Waals surface area contributed by atoms with Crippen molar-refractivity contribution in [1.29, 1.82) is 0 Å². The Hall–Kier alpha value is -4.01. The Morgan fingerprint density at radius 2 is 1.88 bits per heavy atom. The van der Waals surface area contributed by atoms with Gasteiger partial charge in [-0.1, -0.05) is 13.8 Å². The van der Waals surface area contributed by atoms with Gasteiger partial charge in [0.2, 0.25) is 5.91 Å². The Bertz CT molecular complexity index is 1490. The summed E-state index contributed by atoms with van der Waals surface area (Å²) in [6.07, 6.45) is -2.74. The van der Waals surface area contributed by atoms with Crippen LogP contribution in [0, 0.1) is 5.92 Å². The molecule has 4 heterocycles. The zero-order chi connectivity index (χ0) is 29.0. The number of anilines is 1. The molecule has 1 atom stereocenters. The number of nitrogens with zero attached hydrogens (tertiary/aromatic N) is 5. The molecule has 11 nitrogen and oxygen atoms in total. The number of aromatic amines is 1. The zero-order valence-electron chi connectivity index (χ0n) is 21.8. The van der Waals surface area contributed by atoms with E-state index in [-0.39, 0.29) is 37.8 Å². The number of halogens is 3. The fraction of sp³-hybridized carbons (Fsp3) is 0.440. The first-order chi connectivity index (χ1) is 18.8. The Morgan fingerprint density at radius 3 is 2.50 bits per heavy atom. The molecule has 2 saturated heterocycles. The number of benzene rings is 1. The number of piperidine rings is 1. The minimum Gasteiger partial charge on any atom is -0.341 e. The normalized spacial score (nSPS) is 18.3. The van der Waals surface area contributed by atoms with Crippen molar-refractivity contribution >= 4 is 51.7 Å². The van der Waals surface area contributed by atoms with Crippen molar-refractivity contribution in [2.75, 3.05) is 25.0 Å². The lowest BCUT2D eigenvalue weighted by Crippen LogP contribution is -2.60. The third kappa shape index (κ3) is 4.57. The minimum atomic E-state index is -4.68. The Kier molecular flexibility index (Phi) is 6.80. The monoisotopic (exact) mass is 577 g/mol. The number of hydrogen-bond acceptors (Lipinski definition) is 7. The van der Waals surface area contributed by atoms with Crippen LogP contribution < -0.4 is 10.2 Å². The zero-order valence-corrected chi connectivity index (χ0v) is 22.6. The predicted octanol–water partition coefficient (Wildman–Crippen LogP) is 3.25. The maximum Gasteiger partial charge on any atom is 0.434 e. The van der Waals surface area contributed by atoms with Crippen LogP contribution in [-0.4, -0.2) is 80.5 Å². The van der Waals surface area contributed by atoms with Crippen LogP contribution in [0.15, 0.2) is 29.8 Å². The van der Waals surface area contributed by atoms with E-state index in [1.54, 1.807) is 38.2 Å². The second-order valence-corrected chi connectivity index (χ2v) is 11.1.